The van der Waals surface area contributed by atoms with E-state index >= 15 is 0 Å². The molecule has 176 valence electrons. The van der Waals surface area contributed by atoms with E-state index in [9.17, 15) is 14.7 Å². The molecule has 9 heteroatoms. The van der Waals surface area contributed by atoms with E-state index in [2.05, 4.69) is 27.4 Å². The van der Waals surface area contributed by atoms with E-state index in [0.29, 0.717) is 52.7 Å². The topological polar surface area (TPSA) is 125 Å². The first kappa shape index (κ1) is 24.0. The van der Waals surface area contributed by atoms with Crippen LogP contribution in [0.25, 0.3) is 11.1 Å². The largest absolute Gasteiger partial charge is 0.506 e. The lowest BCUT2D eigenvalue weighted by molar-refractivity contribution is -0.119. The van der Waals surface area contributed by atoms with Gasteiger partial charge in [-0.2, -0.15) is 10.2 Å². The first-order valence-electron chi connectivity index (χ1n) is 11.0. The van der Waals surface area contributed by atoms with Crippen LogP contribution < -0.4 is 20.3 Å². The third-order valence-electron chi connectivity index (χ3n) is 5.44. The Morgan fingerprint density at radius 1 is 1.12 bits per heavy atom. The second-order valence-corrected chi connectivity index (χ2v) is 7.69. The first-order valence-corrected chi connectivity index (χ1v) is 11.0. The molecule has 1 aliphatic heterocycles. The number of benzene rings is 1. The summed E-state index contributed by atoms with van der Waals surface area (Å²) in [6, 6.07) is 5.33. The molecule has 0 aliphatic carbocycles. The van der Waals surface area contributed by atoms with Crippen molar-refractivity contribution < 1.29 is 19.4 Å². The van der Waals surface area contributed by atoms with Gasteiger partial charge in [0.25, 0.3) is 5.56 Å². The monoisotopic (exact) mass is 454 g/mol. The van der Waals surface area contributed by atoms with Gasteiger partial charge in [0.2, 0.25) is 5.91 Å². The zero-order valence-electron chi connectivity index (χ0n) is 19.4. The molecule has 2 heterocycles. The maximum atomic E-state index is 13.0. The fraction of sp³-hybridized carbons (Fsp3) is 0.417. The molecule has 1 aliphatic rings. The molecule has 0 unspecified atom stereocenters. The van der Waals surface area contributed by atoms with Gasteiger partial charge in [0, 0.05) is 18.7 Å². The quantitative estimate of drug-likeness (QED) is 0.508. The molecule has 0 saturated carbocycles. The van der Waals surface area contributed by atoms with Crippen LogP contribution in [0.3, 0.4) is 0 Å². The molecule has 0 bridgehead atoms. The zero-order chi connectivity index (χ0) is 24.0. The second kappa shape index (κ2) is 10.8. The molecule has 0 saturated heterocycles. The SMILES string of the molecule is CCCCc1[nH]c(=O)c(C2=NN=C(CC(=O)NCC)C2)c(O)c1-c1c(OC)cccc1OC. The number of methoxy groups -OCH3 is 2. The van der Waals surface area contributed by atoms with Crippen molar-refractivity contribution in [1.29, 1.82) is 0 Å². The number of H-pyrrole nitrogens is 1. The van der Waals surface area contributed by atoms with Crippen LogP contribution in [0, 0.1) is 0 Å². The summed E-state index contributed by atoms with van der Waals surface area (Å²) >= 11 is 0. The van der Waals surface area contributed by atoms with Crippen LogP contribution in [0.1, 0.15) is 50.8 Å². The number of rotatable bonds is 10. The maximum absolute atomic E-state index is 13.0. The Balaban J connectivity index is 2.12. The van der Waals surface area contributed by atoms with Crippen molar-refractivity contribution in [3.05, 3.63) is 39.8 Å². The van der Waals surface area contributed by atoms with Gasteiger partial charge in [-0.05, 0) is 31.9 Å². The molecule has 3 N–H and O–H groups in total. The van der Waals surface area contributed by atoms with Crippen molar-refractivity contribution in [2.75, 3.05) is 20.8 Å². The predicted octanol–water partition coefficient (Wildman–Crippen LogP) is 3.18. The Morgan fingerprint density at radius 2 is 1.82 bits per heavy atom. The average molecular weight is 455 g/mol. The molecule has 1 amide bonds. The Labute approximate surface area is 192 Å². The highest BCUT2D eigenvalue weighted by atomic mass is 16.5. The minimum atomic E-state index is -0.454. The first-order chi connectivity index (χ1) is 15.9. The molecular formula is C24H30N4O5. The minimum Gasteiger partial charge on any atom is -0.506 e. The highest BCUT2D eigenvalue weighted by Gasteiger charge is 2.28. The second-order valence-electron chi connectivity index (χ2n) is 7.69. The number of ether oxygens (including phenoxy) is 2. The number of aromatic hydroxyl groups is 1. The lowest BCUT2D eigenvalue weighted by Gasteiger charge is -2.19. The van der Waals surface area contributed by atoms with E-state index in [0.717, 1.165) is 12.8 Å². The molecule has 33 heavy (non-hydrogen) atoms. The van der Waals surface area contributed by atoms with Crippen molar-refractivity contribution in [2.24, 2.45) is 10.2 Å². The van der Waals surface area contributed by atoms with Crippen LogP contribution in [0.4, 0.5) is 0 Å². The molecule has 0 radical (unpaired) electrons. The zero-order valence-corrected chi connectivity index (χ0v) is 19.4. The number of carbonyl (C=O) groups is 1. The summed E-state index contributed by atoms with van der Waals surface area (Å²) in [6.07, 6.45) is 2.57. The van der Waals surface area contributed by atoms with Crippen LogP contribution in [0.5, 0.6) is 17.2 Å². The average Bonchev–Trinajstić information content (AvgIpc) is 3.24. The fourth-order valence-corrected chi connectivity index (χ4v) is 3.89. The highest BCUT2D eigenvalue weighted by molar-refractivity contribution is 6.19. The van der Waals surface area contributed by atoms with Gasteiger partial charge in [-0.3, -0.25) is 9.59 Å². The van der Waals surface area contributed by atoms with Gasteiger partial charge in [-0.1, -0.05) is 19.4 Å². The highest BCUT2D eigenvalue weighted by Crippen LogP contribution is 2.45. The molecule has 2 aromatic rings. The maximum Gasteiger partial charge on any atom is 0.261 e. The third kappa shape index (κ3) is 5.08. The lowest BCUT2D eigenvalue weighted by Crippen LogP contribution is -2.26. The Bertz CT molecular complexity index is 1130. The molecule has 0 fully saturated rings. The van der Waals surface area contributed by atoms with Gasteiger partial charge in [0.15, 0.2) is 0 Å². The molecule has 1 aromatic heterocycles. The summed E-state index contributed by atoms with van der Waals surface area (Å²) in [4.78, 5) is 27.9. The Hall–Kier alpha value is -3.62. The number of hydrogen-bond acceptors (Lipinski definition) is 7. The van der Waals surface area contributed by atoms with Crippen LogP contribution in [0.15, 0.2) is 33.2 Å². The molecule has 0 spiro atoms. The number of amides is 1. The van der Waals surface area contributed by atoms with Crippen LogP contribution in [-0.2, 0) is 11.2 Å². The molecule has 9 nitrogen and oxygen atoms in total. The number of hydrogen-bond donors (Lipinski definition) is 3. The summed E-state index contributed by atoms with van der Waals surface area (Å²) in [5.74, 6) is 0.630. The lowest BCUT2D eigenvalue weighted by atomic mass is 9.93. The van der Waals surface area contributed by atoms with Crippen LogP contribution in [0.2, 0.25) is 0 Å². The number of aromatic amines is 1. The summed E-state index contributed by atoms with van der Waals surface area (Å²) in [6.45, 7) is 4.40. The Morgan fingerprint density at radius 3 is 2.42 bits per heavy atom. The van der Waals surface area contributed by atoms with Gasteiger partial charge in [-0.25, -0.2) is 0 Å². The van der Waals surface area contributed by atoms with Gasteiger partial charge < -0.3 is 24.9 Å². The van der Waals surface area contributed by atoms with E-state index in [-0.39, 0.29) is 30.1 Å². The Kier molecular flexibility index (Phi) is 7.87. The summed E-state index contributed by atoms with van der Waals surface area (Å²) < 4.78 is 11.1. The van der Waals surface area contributed by atoms with Gasteiger partial charge in [0.1, 0.15) is 22.8 Å². The predicted molar refractivity (Wildman–Crippen MR) is 128 cm³/mol. The number of aryl methyl sites for hydroxylation is 1. The molecule has 1 aromatic carbocycles. The number of carbonyl (C=O) groups excluding carboxylic acids is 1. The standard InChI is InChI=1S/C24H30N4O5/c1-5-7-9-15-20(22-17(32-3)10-8-11-18(22)33-4)23(30)21(24(31)26-15)16-12-14(27-28-16)13-19(29)25-6-2/h8,10-11H,5-7,9,12-13H2,1-4H3,(H,25,29)(H2,26,30,31). The van der Waals surface area contributed by atoms with E-state index in [4.69, 9.17) is 9.47 Å². The van der Waals surface area contributed by atoms with Crippen molar-refractivity contribution in [2.45, 2.75) is 46.0 Å². The third-order valence-corrected chi connectivity index (χ3v) is 5.44. The van der Waals surface area contributed by atoms with Gasteiger partial charge >= 0.3 is 0 Å². The van der Waals surface area contributed by atoms with Crippen molar-refractivity contribution in [1.82, 2.24) is 10.3 Å². The van der Waals surface area contributed by atoms with Gasteiger partial charge in [-0.15, -0.1) is 0 Å². The number of pyridine rings is 1. The summed E-state index contributed by atoms with van der Waals surface area (Å²) in [5, 5.41) is 22.3. The van der Waals surface area contributed by atoms with Crippen LogP contribution in [-0.4, -0.2) is 48.2 Å². The van der Waals surface area contributed by atoms with E-state index in [1.807, 2.05) is 6.92 Å². The van der Waals surface area contributed by atoms with Crippen molar-refractivity contribution >= 4 is 17.3 Å². The van der Waals surface area contributed by atoms with Crippen molar-refractivity contribution in [3.8, 4) is 28.4 Å². The summed E-state index contributed by atoms with van der Waals surface area (Å²) in [5.41, 5.74) is 1.99. The number of unbranched alkanes of at least 4 members (excludes halogenated alkanes) is 1. The molecular weight excluding hydrogens is 424 g/mol. The van der Waals surface area contributed by atoms with E-state index in [1.165, 1.54) is 14.2 Å². The van der Waals surface area contributed by atoms with Crippen molar-refractivity contribution in [3.63, 3.8) is 0 Å². The van der Waals surface area contributed by atoms with Crippen LogP contribution >= 0.6 is 0 Å². The minimum absolute atomic E-state index is 0.0351. The molecule has 0 atom stereocenters. The normalized spacial score (nSPS) is 12.8. The summed E-state index contributed by atoms with van der Waals surface area (Å²) in [7, 11) is 3.08. The van der Waals surface area contributed by atoms with Gasteiger partial charge in [0.05, 0.1) is 43.2 Å². The fourth-order valence-electron chi connectivity index (χ4n) is 3.89. The number of aromatic nitrogens is 1. The number of nitrogens with one attached hydrogen (secondary N) is 2. The molecule has 3 rings (SSSR count). The van der Waals surface area contributed by atoms with E-state index in [1.54, 1.807) is 18.2 Å². The number of nitrogens with zero attached hydrogens (tertiary/aromatic N) is 2. The van der Waals surface area contributed by atoms with E-state index < -0.39 is 5.56 Å². The smallest absolute Gasteiger partial charge is 0.261 e.